The van der Waals surface area contributed by atoms with E-state index >= 15 is 0 Å². The van der Waals surface area contributed by atoms with Crippen LogP contribution in [0.15, 0.2) is 29.3 Å². The average molecular weight is 542 g/mol. The predicted molar refractivity (Wildman–Crippen MR) is 133 cm³/mol. The van der Waals surface area contributed by atoms with Gasteiger partial charge in [-0.1, -0.05) is 32.9 Å². The van der Waals surface area contributed by atoms with Crippen LogP contribution in [-0.2, 0) is 29.7 Å². The molecule has 2 aromatic rings. The van der Waals surface area contributed by atoms with Crippen molar-refractivity contribution < 1.29 is 9.47 Å². The largest absolute Gasteiger partial charge is 0.492 e. The van der Waals surface area contributed by atoms with Crippen LogP contribution < -0.4 is 15.4 Å². The van der Waals surface area contributed by atoms with E-state index in [1.54, 1.807) is 14.2 Å². The molecule has 3 rings (SSSR count). The number of nitrogens with zero attached hydrogens (tertiary/aromatic N) is 4. The van der Waals surface area contributed by atoms with Gasteiger partial charge in [0, 0.05) is 26.6 Å². The van der Waals surface area contributed by atoms with E-state index in [2.05, 4.69) is 58.6 Å². The van der Waals surface area contributed by atoms with Crippen molar-refractivity contribution in [1.82, 2.24) is 25.4 Å². The summed E-state index contributed by atoms with van der Waals surface area (Å²) in [6.45, 7) is 9.05. The Hall–Kier alpha value is -1.88. The van der Waals surface area contributed by atoms with Gasteiger partial charge in [0.05, 0.1) is 13.1 Å². The monoisotopic (exact) mass is 542 g/mol. The lowest BCUT2D eigenvalue weighted by Gasteiger charge is -2.25. The summed E-state index contributed by atoms with van der Waals surface area (Å²) in [7, 11) is 3.44. The Bertz CT molecular complexity index is 862. The van der Waals surface area contributed by atoms with Crippen LogP contribution in [0.4, 0.5) is 0 Å². The molecule has 0 aliphatic carbocycles. The summed E-state index contributed by atoms with van der Waals surface area (Å²) in [4.78, 5) is 8.86. The molecule has 0 amide bonds. The van der Waals surface area contributed by atoms with Gasteiger partial charge in [0.2, 0.25) is 0 Å². The molecule has 0 spiro atoms. The Balaban J connectivity index is 0.00000341. The van der Waals surface area contributed by atoms with E-state index in [-0.39, 0.29) is 35.4 Å². The van der Waals surface area contributed by atoms with Crippen LogP contribution in [0.3, 0.4) is 0 Å². The maximum absolute atomic E-state index is 5.92. The molecule has 0 fully saturated rings. The van der Waals surface area contributed by atoms with Crippen LogP contribution in [0, 0.1) is 0 Å². The molecule has 1 aromatic heterocycles. The maximum atomic E-state index is 5.92. The highest BCUT2D eigenvalue weighted by atomic mass is 127. The number of ether oxygens (including phenoxy) is 2. The van der Waals surface area contributed by atoms with E-state index in [0.717, 1.165) is 42.7 Å². The first-order valence-electron chi connectivity index (χ1n) is 10.5. The summed E-state index contributed by atoms with van der Waals surface area (Å²) in [5.74, 6) is 3.43. The van der Waals surface area contributed by atoms with Crippen LogP contribution in [0.2, 0.25) is 0 Å². The summed E-state index contributed by atoms with van der Waals surface area (Å²) < 4.78 is 13.0. The van der Waals surface area contributed by atoms with E-state index in [9.17, 15) is 0 Å². The number of aryl methyl sites for hydroxylation is 1. The van der Waals surface area contributed by atoms with Gasteiger partial charge in [0.25, 0.3) is 0 Å². The first kappa shape index (κ1) is 25.4. The van der Waals surface area contributed by atoms with E-state index in [0.29, 0.717) is 19.8 Å². The Morgan fingerprint density at radius 2 is 2.13 bits per heavy atom. The number of hydrogen-bond donors (Lipinski definition) is 2. The molecule has 1 unspecified atom stereocenters. The van der Waals surface area contributed by atoms with Gasteiger partial charge in [-0.15, -0.1) is 24.0 Å². The topological polar surface area (TPSA) is 85.6 Å². The van der Waals surface area contributed by atoms with Gasteiger partial charge >= 0.3 is 0 Å². The number of methoxy groups -OCH3 is 1. The number of hydrogen-bond acceptors (Lipinski definition) is 5. The molecule has 172 valence electrons. The minimum absolute atomic E-state index is 0. The van der Waals surface area contributed by atoms with Crippen molar-refractivity contribution in [2.75, 3.05) is 27.3 Å². The van der Waals surface area contributed by atoms with Crippen LogP contribution in [0.1, 0.15) is 44.4 Å². The van der Waals surface area contributed by atoms with Gasteiger partial charge in [-0.2, -0.15) is 5.10 Å². The van der Waals surface area contributed by atoms with Crippen molar-refractivity contribution in [2.24, 2.45) is 4.99 Å². The minimum atomic E-state index is 0. The fourth-order valence-corrected chi connectivity index (χ4v) is 3.45. The third kappa shape index (κ3) is 7.34. The second-order valence-corrected chi connectivity index (χ2v) is 8.56. The normalized spacial score (nSPS) is 16.3. The van der Waals surface area contributed by atoms with Gasteiger partial charge < -0.3 is 20.1 Å². The second-order valence-electron chi connectivity index (χ2n) is 8.56. The lowest BCUT2D eigenvalue weighted by Crippen LogP contribution is -2.47. The lowest BCUT2D eigenvalue weighted by molar-refractivity contribution is 0.177. The lowest BCUT2D eigenvalue weighted by atomic mass is 9.87. The Morgan fingerprint density at radius 1 is 1.32 bits per heavy atom. The number of aliphatic imine (C=N–C) groups is 1. The van der Waals surface area contributed by atoms with Crippen molar-refractivity contribution in [3.8, 4) is 5.75 Å². The zero-order valence-electron chi connectivity index (χ0n) is 19.1. The van der Waals surface area contributed by atoms with Gasteiger partial charge in [-0.3, -0.25) is 4.99 Å². The molecule has 2 heterocycles. The van der Waals surface area contributed by atoms with Crippen molar-refractivity contribution in [3.63, 3.8) is 0 Å². The minimum Gasteiger partial charge on any atom is -0.492 e. The molecule has 0 radical (unpaired) electrons. The molecule has 1 aromatic carbocycles. The Labute approximate surface area is 202 Å². The molecule has 0 saturated carbocycles. The first-order chi connectivity index (χ1) is 14.4. The van der Waals surface area contributed by atoms with Crippen molar-refractivity contribution in [1.29, 1.82) is 0 Å². The van der Waals surface area contributed by atoms with Crippen molar-refractivity contribution in [2.45, 2.75) is 58.2 Å². The molecule has 1 atom stereocenters. The number of fused-ring (bicyclic) bond motifs is 1. The van der Waals surface area contributed by atoms with Gasteiger partial charge in [0.15, 0.2) is 11.8 Å². The number of benzene rings is 1. The van der Waals surface area contributed by atoms with Crippen molar-refractivity contribution >= 4 is 29.9 Å². The number of aromatic nitrogens is 3. The standard InChI is InChI=1S/C22H34N6O2.HI/c1-22(2,3)16-7-6-8-18(13-16)30-12-11-24-21(23-4)25-17-9-10-20-26-19(15-29-5)27-28(20)14-17;/h6-8,13,17H,9-12,14-15H2,1-5H3,(H2,23,24,25);1H. The van der Waals surface area contributed by atoms with Crippen LogP contribution in [-0.4, -0.2) is 54.1 Å². The molecule has 31 heavy (non-hydrogen) atoms. The van der Waals surface area contributed by atoms with Crippen LogP contribution >= 0.6 is 24.0 Å². The quantitative estimate of drug-likeness (QED) is 0.242. The molecule has 9 heteroatoms. The molecular weight excluding hydrogens is 507 g/mol. The Kier molecular flexibility index (Phi) is 9.54. The van der Waals surface area contributed by atoms with E-state index in [4.69, 9.17) is 9.47 Å². The van der Waals surface area contributed by atoms with Gasteiger partial charge in [-0.25, -0.2) is 9.67 Å². The van der Waals surface area contributed by atoms with Crippen LogP contribution in [0.25, 0.3) is 0 Å². The summed E-state index contributed by atoms with van der Waals surface area (Å²) in [6.07, 6.45) is 1.88. The maximum Gasteiger partial charge on any atom is 0.191 e. The average Bonchev–Trinajstić information content (AvgIpc) is 3.12. The van der Waals surface area contributed by atoms with E-state index in [1.165, 1.54) is 5.56 Å². The third-order valence-electron chi connectivity index (χ3n) is 5.10. The first-order valence-corrected chi connectivity index (χ1v) is 10.5. The number of rotatable bonds is 7. The molecule has 1 aliphatic heterocycles. The smallest absolute Gasteiger partial charge is 0.191 e. The highest BCUT2D eigenvalue weighted by Gasteiger charge is 2.22. The number of guanidine groups is 1. The molecule has 8 nitrogen and oxygen atoms in total. The molecule has 1 aliphatic rings. The summed E-state index contributed by atoms with van der Waals surface area (Å²) in [5, 5.41) is 11.3. The fourth-order valence-electron chi connectivity index (χ4n) is 3.45. The van der Waals surface area contributed by atoms with Crippen LogP contribution in [0.5, 0.6) is 5.75 Å². The zero-order chi connectivity index (χ0) is 21.6. The SMILES string of the molecule is CN=C(NCCOc1cccc(C(C)(C)C)c1)NC1CCc2nc(COC)nn2C1.I. The molecule has 2 N–H and O–H groups in total. The van der Waals surface area contributed by atoms with E-state index < -0.39 is 0 Å². The highest BCUT2D eigenvalue weighted by Crippen LogP contribution is 2.25. The summed E-state index contributed by atoms with van der Waals surface area (Å²) in [5.41, 5.74) is 1.38. The third-order valence-corrected chi connectivity index (χ3v) is 5.10. The summed E-state index contributed by atoms with van der Waals surface area (Å²) in [6, 6.07) is 8.55. The molecule has 0 saturated heterocycles. The second kappa shape index (κ2) is 11.7. The number of nitrogens with one attached hydrogen (secondary N) is 2. The van der Waals surface area contributed by atoms with E-state index in [1.807, 2.05) is 16.8 Å². The number of halogens is 1. The molecular formula is C22H35IN6O2. The highest BCUT2D eigenvalue weighted by molar-refractivity contribution is 14.0. The van der Waals surface area contributed by atoms with Crippen molar-refractivity contribution in [3.05, 3.63) is 41.5 Å². The van der Waals surface area contributed by atoms with Gasteiger partial charge in [0.1, 0.15) is 24.8 Å². The predicted octanol–water partition coefficient (Wildman–Crippen LogP) is 2.90. The zero-order valence-corrected chi connectivity index (χ0v) is 21.5. The Morgan fingerprint density at radius 3 is 2.84 bits per heavy atom. The summed E-state index contributed by atoms with van der Waals surface area (Å²) >= 11 is 0. The fraction of sp³-hybridized carbons (Fsp3) is 0.591. The molecule has 0 bridgehead atoms. The van der Waals surface area contributed by atoms with Gasteiger partial charge in [-0.05, 0) is 29.5 Å².